The summed E-state index contributed by atoms with van der Waals surface area (Å²) < 4.78 is 6.01. The smallest absolute Gasteiger partial charge is 0.0855 e. The second-order valence-electron chi connectivity index (χ2n) is 6.64. The van der Waals surface area contributed by atoms with Crippen molar-refractivity contribution in [3.05, 3.63) is 0 Å². The summed E-state index contributed by atoms with van der Waals surface area (Å²) in [5.74, 6) is 0. The molecule has 0 amide bonds. The lowest BCUT2D eigenvalue weighted by Gasteiger charge is -2.35. The second kappa shape index (κ2) is 12.4. The summed E-state index contributed by atoms with van der Waals surface area (Å²) >= 11 is 0. The van der Waals surface area contributed by atoms with Crippen molar-refractivity contribution in [2.75, 3.05) is 33.3 Å². The Kier molecular flexibility index (Phi) is 11.2. The lowest BCUT2D eigenvalue weighted by atomic mass is 10.0. The highest BCUT2D eigenvalue weighted by Crippen LogP contribution is 2.15. The predicted molar refractivity (Wildman–Crippen MR) is 91.9 cm³/mol. The maximum Gasteiger partial charge on any atom is 0.0855 e. The number of hydrogen-bond donors (Lipinski definition) is 1. The van der Waals surface area contributed by atoms with Crippen LogP contribution in [0.4, 0.5) is 0 Å². The van der Waals surface area contributed by atoms with E-state index < -0.39 is 0 Å². The Morgan fingerprint density at radius 1 is 1.05 bits per heavy atom. The van der Waals surface area contributed by atoms with Crippen LogP contribution in [0.25, 0.3) is 0 Å². The quantitative estimate of drug-likeness (QED) is 0.554. The summed E-state index contributed by atoms with van der Waals surface area (Å²) in [7, 11) is 2.21. The number of rotatable bonds is 12. The van der Waals surface area contributed by atoms with Crippen molar-refractivity contribution < 1.29 is 4.74 Å². The van der Waals surface area contributed by atoms with Crippen LogP contribution in [0.5, 0.6) is 0 Å². The van der Waals surface area contributed by atoms with E-state index >= 15 is 0 Å². The Morgan fingerprint density at radius 3 is 2.43 bits per heavy atom. The molecule has 0 spiro atoms. The third-order valence-electron chi connectivity index (χ3n) is 4.52. The minimum Gasteiger partial charge on any atom is -0.374 e. The molecule has 0 aromatic heterocycles. The predicted octanol–water partition coefficient (Wildman–Crippen LogP) is 3.83. The Morgan fingerprint density at radius 2 is 1.76 bits per heavy atom. The van der Waals surface area contributed by atoms with Crippen LogP contribution in [-0.4, -0.2) is 50.3 Å². The van der Waals surface area contributed by atoms with Gasteiger partial charge in [0.2, 0.25) is 0 Å². The van der Waals surface area contributed by atoms with E-state index in [1.807, 2.05) is 0 Å². The molecular weight excluding hydrogens is 260 g/mol. The fourth-order valence-corrected chi connectivity index (χ4v) is 3.12. The van der Waals surface area contributed by atoms with Crippen molar-refractivity contribution in [3.8, 4) is 0 Å². The van der Waals surface area contributed by atoms with Crippen molar-refractivity contribution in [2.24, 2.45) is 0 Å². The number of morpholine rings is 1. The second-order valence-corrected chi connectivity index (χ2v) is 6.64. The lowest BCUT2D eigenvalue weighted by molar-refractivity contribution is -0.0402. The molecule has 1 N–H and O–H groups in total. The van der Waals surface area contributed by atoms with Gasteiger partial charge in [-0.15, -0.1) is 0 Å². The highest BCUT2D eigenvalue weighted by molar-refractivity contribution is 4.82. The van der Waals surface area contributed by atoms with E-state index in [0.29, 0.717) is 12.1 Å². The maximum atomic E-state index is 6.01. The number of unbranched alkanes of at least 4 members (excludes halogenated alkanes) is 6. The molecule has 1 aliphatic heterocycles. The highest BCUT2D eigenvalue weighted by Gasteiger charge is 2.25. The zero-order valence-electron chi connectivity index (χ0n) is 14.7. The summed E-state index contributed by atoms with van der Waals surface area (Å²) in [5, 5.41) is 3.72. The van der Waals surface area contributed by atoms with Crippen LogP contribution in [0.15, 0.2) is 0 Å². The van der Waals surface area contributed by atoms with Gasteiger partial charge in [0.05, 0.1) is 12.7 Å². The van der Waals surface area contributed by atoms with Crippen LogP contribution in [0, 0.1) is 0 Å². The minimum absolute atomic E-state index is 0.385. The Hall–Kier alpha value is -0.120. The molecular formula is C18H38N2O. The maximum absolute atomic E-state index is 6.01. The molecule has 2 unspecified atom stereocenters. The molecule has 21 heavy (non-hydrogen) atoms. The first kappa shape index (κ1) is 18.9. The summed E-state index contributed by atoms with van der Waals surface area (Å²) in [4.78, 5) is 2.40. The molecule has 1 saturated heterocycles. The van der Waals surface area contributed by atoms with Gasteiger partial charge in [-0.2, -0.15) is 0 Å². The highest BCUT2D eigenvalue weighted by atomic mass is 16.5. The van der Waals surface area contributed by atoms with Crippen LogP contribution in [0.1, 0.15) is 71.6 Å². The zero-order chi connectivity index (χ0) is 15.3. The fraction of sp³-hybridized carbons (Fsp3) is 1.00. The molecule has 1 heterocycles. The molecule has 0 radical (unpaired) electrons. The summed E-state index contributed by atoms with van der Waals surface area (Å²) in [6, 6.07) is 0.545. The molecule has 0 aromatic rings. The molecule has 0 aromatic carbocycles. The van der Waals surface area contributed by atoms with Gasteiger partial charge >= 0.3 is 0 Å². The number of likely N-dealkylation sites (N-methyl/N-ethyl adjacent to an activating group) is 1. The summed E-state index contributed by atoms with van der Waals surface area (Å²) in [5.41, 5.74) is 0. The van der Waals surface area contributed by atoms with Crippen LogP contribution in [-0.2, 0) is 4.74 Å². The topological polar surface area (TPSA) is 24.5 Å². The van der Waals surface area contributed by atoms with E-state index in [1.165, 1.54) is 57.8 Å². The Labute approximate surface area is 132 Å². The van der Waals surface area contributed by atoms with E-state index in [4.69, 9.17) is 4.74 Å². The first-order chi connectivity index (χ1) is 10.3. The summed E-state index contributed by atoms with van der Waals surface area (Å²) in [6.07, 6.45) is 12.6. The van der Waals surface area contributed by atoms with Crippen LogP contribution >= 0.6 is 0 Å². The Balaban J connectivity index is 2.19. The van der Waals surface area contributed by atoms with Crippen molar-refractivity contribution in [1.29, 1.82) is 0 Å². The number of ether oxygens (including phenoxy) is 1. The standard InChI is InChI=1S/C18H38N2O/c1-4-6-7-8-9-10-11-12-17(19-13-5-2)18-16-20(3)14-15-21-18/h17-19H,4-16H2,1-3H3. The lowest BCUT2D eigenvalue weighted by Crippen LogP contribution is -2.51. The zero-order valence-corrected chi connectivity index (χ0v) is 14.7. The molecule has 2 atom stereocenters. The van der Waals surface area contributed by atoms with Crippen molar-refractivity contribution in [3.63, 3.8) is 0 Å². The third-order valence-corrected chi connectivity index (χ3v) is 4.52. The molecule has 3 nitrogen and oxygen atoms in total. The number of nitrogens with one attached hydrogen (secondary N) is 1. The third kappa shape index (κ3) is 8.80. The van der Waals surface area contributed by atoms with Gasteiger partial charge in [-0.25, -0.2) is 0 Å². The fourth-order valence-electron chi connectivity index (χ4n) is 3.12. The van der Waals surface area contributed by atoms with E-state index in [2.05, 4.69) is 31.1 Å². The molecule has 1 fully saturated rings. The molecule has 0 saturated carbocycles. The molecule has 1 aliphatic rings. The van der Waals surface area contributed by atoms with Gasteiger partial charge in [0.1, 0.15) is 0 Å². The van der Waals surface area contributed by atoms with Gasteiger partial charge in [-0.3, -0.25) is 0 Å². The normalized spacial score (nSPS) is 21.6. The van der Waals surface area contributed by atoms with Gasteiger partial charge < -0.3 is 15.0 Å². The average molecular weight is 299 g/mol. The van der Waals surface area contributed by atoms with Gasteiger partial charge in [0.15, 0.2) is 0 Å². The molecule has 0 bridgehead atoms. The minimum atomic E-state index is 0.385. The molecule has 0 aliphatic carbocycles. The van der Waals surface area contributed by atoms with Crippen molar-refractivity contribution >= 4 is 0 Å². The van der Waals surface area contributed by atoms with Crippen LogP contribution in [0.3, 0.4) is 0 Å². The largest absolute Gasteiger partial charge is 0.374 e. The van der Waals surface area contributed by atoms with E-state index in [1.54, 1.807) is 0 Å². The van der Waals surface area contributed by atoms with E-state index in [9.17, 15) is 0 Å². The van der Waals surface area contributed by atoms with Crippen molar-refractivity contribution in [2.45, 2.75) is 83.8 Å². The van der Waals surface area contributed by atoms with E-state index in [0.717, 1.165) is 26.2 Å². The van der Waals surface area contributed by atoms with Crippen molar-refractivity contribution in [1.82, 2.24) is 10.2 Å². The number of hydrogen-bond acceptors (Lipinski definition) is 3. The number of nitrogens with zero attached hydrogens (tertiary/aromatic N) is 1. The molecule has 3 heteroatoms. The van der Waals surface area contributed by atoms with Gasteiger partial charge in [0, 0.05) is 19.1 Å². The van der Waals surface area contributed by atoms with Gasteiger partial charge in [0.25, 0.3) is 0 Å². The van der Waals surface area contributed by atoms with Crippen LogP contribution in [0.2, 0.25) is 0 Å². The Bertz CT molecular complexity index is 235. The first-order valence-corrected chi connectivity index (χ1v) is 9.31. The summed E-state index contributed by atoms with van der Waals surface area (Å²) in [6.45, 7) is 8.69. The average Bonchev–Trinajstić information content (AvgIpc) is 2.49. The van der Waals surface area contributed by atoms with E-state index in [-0.39, 0.29) is 0 Å². The monoisotopic (exact) mass is 298 g/mol. The first-order valence-electron chi connectivity index (χ1n) is 9.31. The SMILES string of the molecule is CCCCCCCCCC(NCCC)C1CN(C)CCO1. The van der Waals surface area contributed by atoms with Gasteiger partial charge in [-0.1, -0.05) is 58.8 Å². The molecule has 126 valence electrons. The van der Waals surface area contributed by atoms with Crippen LogP contribution < -0.4 is 5.32 Å². The molecule has 1 rings (SSSR count). The van der Waals surface area contributed by atoms with Gasteiger partial charge in [-0.05, 0) is 26.4 Å².